The van der Waals surface area contributed by atoms with Crippen LogP contribution in [0.4, 0.5) is 5.82 Å². The average Bonchev–Trinajstić information content (AvgIpc) is 3.22. The average molecular weight is 260 g/mol. The molecule has 19 heavy (non-hydrogen) atoms. The van der Waals surface area contributed by atoms with Crippen molar-refractivity contribution in [3.8, 4) is 0 Å². The lowest BCUT2D eigenvalue weighted by atomic mass is 9.95. The van der Waals surface area contributed by atoms with Crippen molar-refractivity contribution in [1.29, 1.82) is 0 Å². The van der Waals surface area contributed by atoms with Crippen molar-refractivity contribution < 1.29 is 9.59 Å². The summed E-state index contributed by atoms with van der Waals surface area (Å²) in [6, 6.07) is 1.83. The molecule has 1 N–H and O–H groups in total. The Balaban J connectivity index is 2.24. The zero-order chi connectivity index (χ0) is 14.0. The van der Waals surface area contributed by atoms with Gasteiger partial charge in [-0.25, -0.2) is 4.98 Å². The molecule has 1 aliphatic carbocycles. The van der Waals surface area contributed by atoms with E-state index in [2.05, 4.69) is 10.3 Å². The van der Waals surface area contributed by atoms with Crippen LogP contribution in [0.15, 0.2) is 12.3 Å². The van der Waals surface area contributed by atoms with Crippen LogP contribution in [0.5, 0.6) is 0 Å². The number of hydrogen-bond acceptors (Lipinski definition) is 3. The molecule has 1 fully saturated rings. The highest BCUT2D eigenvalue weighted by molar-refractivity contribution is 5.98. The molecule has 4 nitrogen and oxygen atoms in total. The van der Waals surface area contributed by atoms with Crippen LogP contribution in [0, 0.1) is 5.92 Å². The highest BCUT2D eigenvalue weighted by atomic mass is 16.2. The molecule has 0 saturated heterocycles. The second-order valence-electron chi connectivity index (χ2n) is 5.35. The summed E-state index contributed by atoms with van der Waals surface area (Å²) in [5, 5.41) is 2.82. The number of ketones is 1. The molecule has 2 rings (SSSR count). The number of aromatic nitrogens is 1. The van der Waals surface area contributed by atoms with E-state index in [0.717, 1.165) is 18.4 Å². The molecular weight excluding hydrogens is 240 g/mol. The van der Waals surface area contributed by atoms with Crippen LogP contribution in [0.2, 0.25) is 0 Å². The van der Waals surface area contributed by atoms with E-state index in [1.165, 1.54) is 0 Å². The monoisotopic (exact) mass is 260 g/mol. The van der Waals surface area contributed by atoms with Gasteiger partial charge in [0.25, 0.3) is 0 Å². The van der Waals surface area contributed by atoms with Gasteiger partial charge in [0.05, 0.1) is 0 Å². The zero-order valence-corrected chi connectivity index (χ0v) is 11.7. The van der Waals surface area contributed by atoms with Crippen LogP contribution in [0.25, 0.3) is 0 Å². The predicted octanol–water partition coefficient (Wildman–Crippen LogP) is 3.15. The van der Waals surface area contributed by atoms with Gasteiger partial charge < -0.3 is 5.32 Å². The summed E-state index contributed by atoms with van der Waals surface area (Å²) in [6.07, 6.45) is 3.99. The maximum atomic E-state index is 11.9. The molecule has 102 valence electrons. The molecule has 1 heterocycles. The Morgan fingerprint density at radius 3 is 2.63 bits per heavy atom. The number of Topliss-reactive ketones (excluding diaryl/α,β-unsaturated/α-hetero) is 1. The number of amides is 1. The van der Waals surface area contributed by atoms with Gasteiger partial charge in [-0.05, 0) is 30.4 Å². The first kappa shape index (κ1) is 13.7. The summed E-state index contributed by atoms with van der Waals surface area (Å²) in [7, 11) is 0. The van der Waals surface area contributed by atoms with E-state index in [4.69, 9.17) is 0 Å². The quantitative estimate of drug-likeness (QED) is 0.827. The van der Waals surface area contributed by atoms with Crippen LogP contribution >= 0.6 is 0 Å². The Morgan fingerprint density at radius 2 is 2.11 bits per heavy atom. The SMILES string of the molecule is CCC(=O)c1cnc(NC(=O)C2CC2)cc1C(C)C. The summed E-state index contributed by atoms with van der Waals surface area (Å²) in [6.45, 7) is 5.91. The van der Waals surface area contributed by atoms with Crippen LogP contribution in [-0.4, -0.2) is 16.7 Å². The minimum Gasteiger partial charge on any atom is -0.310 e. The fourth-order valence-corrected chi connectivity index (χ4v) is 2.01. The molecule has 4 heteroatoms. The van der Waals surface area contributed by atoms with E-state index >= 15 is 0 Å². The molecule has 1 aliphatic rings. The van der Waals surface area contributed by atoms with Gasteiger partial charge in [-0.1, -0.05) is 20.8 Å². The second-order valence-corrected chi connectivity index (χ2v) is 5.35. The lowest BCUT2D eigenvalue weighted by Crippen LogP contribution is -2.15. The fourth-order valence-electron chi connectivity index (χ4n) is 2.01. The fraction of sp³-hybridized carbons (Fsp3) is 0.533. The van der Waals surface area contributed by atoms with Crippen molar-refractivity contribution in [2.45, 2.75) is 46.0 Å². The molecule has 0 spiro atoms. The van der Waals surface area contributed by atoms with E-state index in [-0.39, 0.29) is 23.5 Å². The summed E-state index contributed by atoms with van der Waals surface area (Å²) in [5.74, 6) is 1.06. The minimum atomic E-state index is 0.0387. The van der Waals surface area contributed by atoms with E-state index in [1.807, 2.05) is 26.8 Å². The number of hydrogen-bond donors (Lipinski definition) is 1. The standard InChI is InChI=1S/C15H20N2O2/c1-4-13(18)12-8-16-14(7-11(12)9(2)3)17-15(19)10-5-6-10/h7-10H,4-6H2,1-3H3,(H,16,17,19). The highest BCUT2D eigenvalue weighted by Crippen LogP contribution is 2.30. The number of nitrogens with one attached hydrogen (secondary N) is 1. The Kier molecular flexibility index (Phi) is 3.98. The van der Waals surface area contributed by atoms with Crippen molar-refractivity contribution in [3.63, 3.8) is 0 Å². The third-order valence-electron chi connectivity index (χ3n) is 3.38. The lowest BCUT2D eigenvalue weighted by molar-refractivity contribution is -0.117. The van der Waals surface area contributed by atoms with Gasteiger partial charge in [-0.3, -0.25) is 9.59 Å². The first-order chi connectivity index (χ1) is 9.02. The van der Waals surface area contributed by atoms with E-state index in [1.54, 1.807) is 6.20 Å². The molecule has 0 atom stereocenters. The number of anilines is 1. The van der Waals surface area contributed by atoms with Crippen LogP contribution in [0.3, 0.4) is 0 Å². The molecule has 0 bridgehead atoms. The molecule has 1 aromatic heterocycles. The van der Waals surface area contributed by atoms with E-state index in [0.29, 0.717) is 17.8 Å². The summed E-state index contributed by atoms with van der Waals surface area (Å²) >= 11 is 0. The first-order valence-electron chi connectivity index (χ1n) is 6.87. The number of rotatable bonds is 5. The van der Waals surface area contributed by atoms with Gasteiger partial charge in [0.15, 0.2) is 5.78 Å². The van der Waals surface area contributed by atoms with Gasteiger partial charge >= 0.3 is 0 Å². The Morgan fingerprint density at radius 1 is 1.42 bits per heavy atom. The molecule has 0 aliphatic heterocycles. The maximum Gasteiger partial charge on any atom is 0.228 e. The second kappa shape index (κ2) is 5.51. The van der Waals surface area contributed by atoms with Gasteiger partial charge in [-0.2, -0.15) is 0 Å². The van der Waals surface area contributed by atoms with Gasteiger partial charge in [0, 0.05) is 24.1 Å². The highest BCUT2D eigenvalue weighted by Gasteiger charge is 2.30. The smallest absolute Gasteiger partial charge is 0.228 e. The molecule has 0 aromatic carbocycles. The van der Waals surface area contributed by atoms with Crippen molar-refractivity contribution >= 4 is 17.5 Å². The van der Waals surface area contributed by atoms with Crippen LogP contribution in [-0.2, 0) is 4.79 Å². The van der Waals surface area contributed by atoms with Crippen molar-refractivity contribution in [1.82, 2.24) is 4.98 Å². The maximum absolute atomic E-state index is 11.9. The largest absolute Gasteiger partial charge is 0.310 e. The van der Waals surface area contributed by atoms with Gasteiger partial charge in [0.2, 0.25) is 5.91 Å². The molecular formula is C15H20N2O2. The van der Waals surface area contributed by atoms with E-state index in [9.17, 15) is 9.59 Å². The summed E-state index contributed by atoms with van der Waals surface area (Å²) < 4.78 is 0. The van der Waals surface area contributed by atoms with Crippen molar-refractivity contribution in [3.05, 3.63) is 23.4 Å². The third kappa shape index (κ3) is 3.19. The Bertz CT molecular complexity index is 505. The molecule has 1 saturated carbocycles. The minimum absolute atomic E-state index is 0.0387. The number of nitrogens with zero attached hydrogens (tertiary/aromatic N) is 1. The number of carbonyl (C=O) groups is 2. The first-order valence-corrected chi connectivity index (χ1v) is 6.87. The summed E-state index contributed by atoms with van der Waals surface area (Å²) in [5.41, 5.74) is 1.62. The third-order valence-corrected chi connectivity index (χ3v) is 3.38. The van der Waals surface area contributed by atoms with Crippen LogP contribution in [0.1, 0.15) is 61.9 Å². The molecule has 1 aromatic rings. The van der Waals surface area contributed by atoms with Gasteiger partial charge in [0.1, 0.15) is 5.82 Å². The van der Waals surface area contributed by atoms with E-state index < -0.39 is 0 Å². The topological polar surface area (TPSA) is 59.1 Å². The number of carbonyl (C=O) groups excluding carboxylic acids is 2. The molecule has 0 radical (unpaired) electrons. The Hall–Kier alpha value is -1.71. The lowest BCUT2D eigenvalue weighted by Gasteiger charge is -2.13. The predicted molar refractivity (Wildman–Crippen MR) is 74.3 cm³/mol. The van der Waals surface area contributed by atoms with Crippen LogP contribution < -0.4 is 5.32 Å². The van der Waals surface area contributed by atoms with Gasteiger partial charge in [-0.15, -0.1) is 0 Å². The normalized spacial score (nSPS) is 14.5. The summed E-state index contributed by atoms with van der Waals surface area (Å²) in [4.78, 5) is 27.8. The van der Waals surface area contributed by atoms with Crippen molar-refractivity contribution in [2.75, 3.05) is 5.32 Å². The Labute approximate surface area is 113 Å². The zero-order valence-electron chi connectivity index (χ0n) is 11.7. The van der Waals surface area contributed by atoms with Crippen molar-refractivity contribution in [2.24, 2.45) is 5.92 Å². The number of pyridine rings is 1. The molecule has 1 amide bonds. The molecule has 0 unspecified atom stereocenters.